The van der Waals surface area contributed by atoms with Gasteiger partial charge in [-0.15, -0.1) is 0 Å². The molecule has 0 aromatic rings. The van der Waals surface area contributed by atoms with E-state index in [1.54, 1.807) is 0 Å². The molecule has 3 heteroatoms. The number of hydrogen-bond donors (Lipinski definition) is 1. The predicted octanol–water partition coefficient (Wildman–Crippen LogP) is 0.724. The SMILES string of the molecule is FC1(C[C@H]2CCOC2)CNC1. The summed E-state index contributed by atoms with van der Waals surface area (Å²) in [7, 11) is 0. The van der Waals surface area contributed by atoms with E-state index in [1.807, 2.05) is 0 Å². The van der Waals surface area contributed by atoms with Crippen LogP contribution in [0.2, 0.25) is 0 Å². The van der Waals surface area contributed by atoms with Crippen molar-refractivity contribution in [2.75, 3.05) is 26.3 Å². The van der Waals surface area contributed by atoms with Crippen molar-refractivity contribution in [3.8, 4) is 0 Å². The zero-order valence-electron chi connectivity index (χ0n) is 6.61. The first-order valence-electron chi connectivity index (χ1n) is 4.26. The van der Waals surface area contributed by atoms with E-state index >= 15 is 0 Å². The third kappa shape index (κ3) is 1.54. The minimum atomic E-state index is -0.904. The van der Waals surface area contributed by atoms with Crippen LogP contribution >= 0.6 is 0 Å². The fourth-order valence-corrected chi connectivity index (χ4v) is 1.80. The zero-order chi connectivity index (χ0) is 7.73. The van der Waals surface area contributed by atoms with E-state index in [0.29, 0.717) is 25.4 Å². The lowest BCUT2D eigenvalue weighted by Crippen LogP contribution is -2.57. The fraction of sp³-hybridized carbons (Fsp3) is 1.00. The van der Waals surface area contributed by atoms with E-state index in [-0.39, 0.29) is 0 Å². The van der Waals surface area contributed by atoms with Gasteiger partial charge in [0.2, 0.25) is 0 Å². The molecule has 2 aliphatic rings. The molecule has 0 saturated carbocycles. The summed E-state index contributed by atoms with van der Waals surface area (Å²) >= 11 is 0. The van der Waals surface area contributed by atoms with E-state index in [0.717, 1.165) is 19.6 Å². The Bertz CT molecular complexity index is 141. The molecule has 0 aromatic heterocycles. The molecule has 2 nitrogen and oxygen atoms in total. The maximum absolute atomic E-state index is 13.4. The number of halogens is 1. The summed E-state index contributed by atoms with van der Waals surface area (Å²) in [6, 6.07) is 0. The van der Waals surface area contributed by atoms with Gasteiger partial charge in [0.25, 0.3) is 0 Å². The molecule has 0 radical (unpaired) electrons. The summed E-state index contributed by atoms with van der Waals surface area (Å²) in [6.07, 6.45) is 1.74. The van der Waals surface area contributed by atoms with Crippen LogP contribution in [0.3, 0.4) is 0 Å². The number of rotatable bonds is 2. The van der Waals surface area contributed by atoms with Gasteiger partial charge in [-0.2, -0.15) is 0 Å². The number of hydrogen-bond acceptors (Lipinski definition) is 2. The van der Waals surface area contributed by atoms with E-state index in [4.69, 9.17) is 4.74 Å². The summed E-state index contributed by atoms with van der Waals surface area (Å²) < 4.78 is 18.6. The van der Waals surface area contributed by atoms with Crippen molar-refractivity contribution in [3.63, 3.8) is 0 Å². The Labute approximate surface area is 66.1 Å². The first-order chi connectivity index (χ1) is 5.29. The van der Waals surface area contributed by atoms with Crippen LogP contribution in [0.15, 0.2) is 0 Å². The van der Waals surface area contributed by atoms with Crippen molar-refractivity contribution < 1.29 is 9.13 Å². The third-order valence-electron chi connectivity index (χ3n) is 2.56. The van der Waals surface area contributed by atoms with E-state index in [1.165, 1.54) is 0 Å². The Hall–Kier alpha value is -0.150. The highest BCUT2D eigenvalue weighted by atomic mass is 19.1. The lowest BCUT2D eigenvalue weighted by Gasteiger charge is -2.36. The van der Waals surface area contributed by atoms with Gasteiger partial charge in [0, 0.05) is 26.3 Å². The molecule has 0 bridgehead atoms. The highest BCUT2D eigenvalue weighted by molar-refractivity contribution is 4.95. The second-order valence-electron chi connectivity index (χ2n) is 3.69. The first-order valence-corrected chi connectivity index (χ1v) is 4.26. The van der Waals surface area contributed by atoms with Crippen molar-refractivity contribution in [1.29, 1.82) is 0 Å². The van der Waals surface area contributed by atoms with E-state index < -0.39 is 5.67 Å². The maximum atomic E-state index is 13.4. The Morgan fingerprint density at radius 1 is 1.55 bits per heavy atom. The van der Waals surface area contributed by atoms with E-state index in [2.05, 4.69) is 5.32 Å². The predicted molar refractivity (Wildman–Crippen MR) is 40.3 cm³/mol. The molecule has 0 unspecified atom stereocenters. The molecule has 1 atom stereocenters. The van der Waals surface area contributed by atoms with Gasteiger partial charge in [-0.25, -0.2) is 4.39 Å². The van der Waals surface area contributed by atoms with E-state index in [9.17, 15) is 4.39 Å². The van der Waals surface area contributed by atoms with Crippen LogP contribution < -0.4 is 5.32 Å². The summed E-state index contributed by atoms with van der Waals surface area (Å²) in [5, 5.41) is 2.96. The lowest BCUT2D eigenvalue weighted by molar-refractivity contribution is 0.0569. The molecule has 0 amide bonds. The first kappa shape index (κ1) is 7.50. The van der Waals surface area contributed by atoms with Gasteiger partial charge in [-0.05, 0) is 18.8 Å². The van der Waals surface area contributed by atoms with Crippen LogP contribution in [0, 0.1) is 5.92 Å². The largest absolute Gasteiger partial charge is 0.381 e. The van der Waals surface area contributed by atoms with Gasteiger partial charge in [0.1, 0.15) is 5.67 Å². The highest BCUT2D eigenvalue weighted by Gasteiger charge is 2.39. The van der Waals surface area contributed by atoms with Gasteiger partial charge in [-0.3, -0.25) is 0 Å². The molecule has 64 valence electrons. The Morgan fingerprint density at radius 2 is 2.36 bits per heavy atom. The Kier molecular flexibility index (Phi) is 1.85. The van der Waals surface area contributed by atoms with Crippen LogP contribution in [0.25, 0.3) is 0 Å². The van der Waals surface area contributed by atoms with Crippen molar-refractivity contribution in [3.05, 3.63) is 0 Å². The van der Waals surface area contributed by atoms with Crippen molar-refractivity contribution >= 4 is 0 Å². The van der Waals surface area contributed by atoms with Gasteiger partial charge in [0.15, 0.2) is 0 Å². The summed E-state index contributed by atoms with van der Waals surface area (Å²) in [5.74, 6) is 0.474. The molecule has 2 heterocycles. The monoisotopic (exact) mass is 159 g/mol. The quantitative estimate of drug-likeness (QED) is 0.641. The minimum absolute atomic E-state index is 0.474. The van der Waals surface area contributed by atoms with Gasteiger partial charge in [0.05, 0.1) is 0 Å². The van der Waals surface area contributed by atoms with Crippen molar-refractivity contribution in [1.82, 2.24) is 5.32 Å². The zero-order valence-corrected chi connectivity index (χ0v) is 6.61. The molecular weight excluding hydrogens is 145 g/mol. The number of ether oxygens (including phenoxy) is 1. The average molecular weight is 159 g/mol. The maximum Gasteiger partial charge on any atom is 0.136 e. The van der Waals surface area contributed by atoms with Gasteiger partial charge >= 0.3 is 0 Å². The Morgan fingerprint density at radius 3 is 2.82 bits per heavy atom. The summed E-state index contributed by atoms with van der Waals surface area (Å²) in [5.41, 5.74) is -0.904. The van der Waals surface area contributed by atoms with Gasteiger partial charge in [-0.1, -0.05) is 0 Å². The summed E-state index contributed by atoms with van der Waals surface area (Å²) in [6.45, 7) is 2.69. The molecule has 0 spiro atoms. The Balaban J connectivity index is 1.79. The third-order valence-corrected chi connectivity index (χ3v) is 2.56. The lowest BCUT2D eigenvalue weighted by atomic mass is 9.87. The molecule has 0 aliphatic carbocycles. The smallest absolute Gasteiger partial charge is 0.136 e. The normalized spacial score (nSPS) is 35.2. The standard InChI is InChI=1S/C8H14FNO/c9-8(5-10-6-8)3-7-1-2-11-4-7/h7,10H,1-6H2/t7-/m1/s1. The van der Waals surface area contributed by atoms with Crippen LogP contribution in [0.1, 0.15) is 12.8 Å². The molecule has 0 aromatic carbocycles. The van der Waals surface area contributed by atoms with Crippen LogP contribution in [0.4, 0.5) is 4.39 Å². The number of alkyl halides is 1. The number of nitrogens with one attached hydrogen (secondary N) is 1. The molecule has 2 fully saturated rings. The summed E-state index contributed by atoms with van der Waals surface area (Å²) in [4.78, 5) is 0. The fourth-order valence-electron chi connectivity index (χ4n) is 1.80. The molecule has 2 rings (SSSR count). The molecular formula is C8H14FNO. The van der Waals surface area contributed by atoms with Gasteiger partial charge < -0.3 is 10.1 Å². The molecule has 2 aliphatic heterocycles. The van der Waals surface area contributed by atoms with Crippen LogP contribution in [0.5, 0.6) is 0 Å². The topological polar surface area (TPSA) is 21.3 Å². The minimum Gasteiger partial charge on any atom is -0.381 e. The molecule has 11 heavy (non-hydrogen) atoms. The average Bonchev–Trinajstić information content (AvgIpc) is 2.36. The van der Waals surface area contributed by atoms with Crippen molar-refractivity contribution in [2.45, 2.75) is 18.5 Å². The van der Waals surface area contributed by atoms with Crippen LogP contribution in [-0.2, 0) is 4.74 Å². The molecule has 1 N–H and O–H groups in total. The second-order valence-corrected chi connectivity index (χ2v) is 3.69. The second kappa shape index (κ2) is 2.72. The highest BCUT2D eigenvalue weighted by Crippen LogP contribution is 2.29. The molecule has 2 saturated heterocycles. The van der Waals surface area contributed by atoms with Crippen molar-refractivity contribution in [2.24, 2.45) is 5.92 Å². The van der Waals surface area contributed by atoms with Crippen LogP contribution in [-0.4, -0.2) is 32.0 Å².